The lowest BCUT2D eigenvalue weighted by Gasteiger charge is -2.32. The van der Waals surface area contributed by atoms with Gasteiger partial charge < -0.3 is 15.4 Å². The zero-order valence-electron chi connectivity index (χ0n) is 16.3. The van der Waals surface area contributed by atoms with Crippen LogP contribution >= 0.6 is 0 Å². The van der Waals surface area contributed by atoms with Gasteiger partial charge in [0.1, 0.15) is 17.8 Å². The van der Waals surface area contributed by atoms with Crippen molar-refractivity contribution < 1.29 is 19.1 Å². The number of esters is 1. The third-order valence-corrected chi connectivity index (χ3v) is 4.27. The molecular weight excluding hydrogens is 334 g/mol. The molecule has 144 valence electrons. The summed E-state index contributed by atoms with van der Waals surface area (Å²) in [4.78, 5) is 41.3. The van der Waals surface area contributed by atoms with Gasteiger partial charge in [-0.15, -0.1) is 0 Å². The fraction of sp³-hybridized carbons (Fsp3) is 0.579. The Kier molecular flexibility index (Phi) is 7.74. The van der Waals surface area contributed by atoms with Crippen LogP contribution in [0.15, 0.2) is 24.4 Å². The molecule has 0 aliphatic heterocycles. The summed E-state index contributed by atoms with van der Waals surface area (Å²) in [5.41, 5.74) is -0.303. The minimum absolute atomic E-state index is 0.124. The number of nitrogens with one attached hydrogen (secondary N) is 2. The van der Waals surface area contributed by atoms with E-state index in [1.807, 2.05) is 34.6 Å². The molecule has 0 fully saturated rings. The van der Waals surface area contributed by atoms with Crippen LogP contribution in [-0.2, 0) is 14.3 Å². The maximum absolute atomic E-state index is 12.8. The van der Waals surface area contributed by atoms with Gasteiger partial charge in [-0.25, -0.2) is 4.79 Å². The number of carbonyl (C=O) groups excluding carboxylic acids is 3. The van der Waals surface area contributed by atoms with E-state index in [-0.39, 0.29) is 11.6 Å². The molecule has 2 amide bonds. The number of hydrogen-bond acceptors (Lipinski definition) is 5. The molecule has 1 aromatic heterocycles. The molecule has 1 heterocycles. The van der Waals surface area contributed by atoms with E-state index in [9.17, 15) is 14.4 Å². The predicted molar refractivity (Wildman–Crippen MR) is 98.3 cm³/mol. The number of ether oxygens (including phenoxy) is 1. The minimum Gasteiger partial charge on any atom is -0.467 e. The standard InChI is InChI=1S/C19H29N3O4/c1-7-12(2)14(21-16(23)13-10-8-9-11-20-13)17(24)22-15(18(25)26-6)19(3,4)5/h8-12,14-15H,7H2,1-6H3,(H,21,23)(H,22,24)/t12-,14-,15+/m0/s1. The Morgan fingerprint density at radius 2 is 1.85 bits per heavy atom. The Morgan fingerprint density at radius 3 is 2.31 bits per heavy atom. The van der Waals surface area contributed by atoms with Crippen molar-refractivity contribution in [2.45, 2.75) is 53.1 Å². The molecule has 2 N–H and O–H groups in total. The molecule has 26 heavy (non-hydrogen) atoms. The summed E-state index contributed by atoms with van der Waals surface area (Å²) in [5.74, 6) is -1.50. The first-order valence-electron chi connectivity index (χ1n) is 8.71. The number of aromatic nitrogens is 1. The van der Waals surface area contributed by atoms with Crippen molar-refractivity contribution in [3.05, 3.63) is 30.1 Å². The van der Waals surface area contributed by atoms with Crippen molar-refractivity contribution in [1.82, 2.24) is 15.6 Å². The molecule has 0 aromatic carbocycles. The zero-order valence-corrected chi connectivity index (χ0v) is 16.3. The Balaban J connectivity index is 2.99. The van der Waals surface area contributed by atoms with Gasteiger partial charge in [0, 0.05) is 6.20 Å². The molecule has 0 saturated heterocycles. The Bertz CT molecular complexity index is 625. The fourth-order valence-corrected chi connectivity index (χ4v) is 2.39. The number of methoxy groups -OCH3 is 1. The third-order valence-electron chi connectivity index (χ3n) is 4.27. The van der Waals surface area contributed by atoms with Gasteiger partial charge in [0.15, 0.2) is 0 Å². The van der Waals surface area contributed by atoms with Crippen molar-refractivity contribution in [1.29, 1.82) is 0 Å². The van der Waals surface area contributed by atoms with Crippen LogP contribution < -0.4 is 10.6 Å². The van der Waals surface area contributed by atoms with Crippen LogP contribution in [0.3, 0.4) is 0 Å². The predicted octanol–water partition coefficient (Wildman–Crippen LogP) is 1.93. The van der Waals surface area contributed by atoms with Crippen LogP contribution in [0.4, 0.5) is 0 Å². The molecule has 0 radical (unpaired) electrons. The monoisotopic (exact) mass is 363 g/mol. The first-order chi connectivity index (χ1) is 12.1. The molecule has 0 aliphatic carbocycles. The van der Waals surface area contributed by atoms with Gasteiger partial charge in [-0.05, 0) is 23.5 Å². The Labute approximate surface area is 154 Å². The molecule has 7 heteroatoms. The highest BCUT2D eigenvalue weighted by Gasteiger charge is 2.36. The highest BCUT2D eigenvalue weighted by atomic mass is 16.5. The first kappa shape index (κ1) is 21.6. The Morgan fingerprint density at radius 1 is 1.19 bits per heavy atom. The quantitative estimate of drug-likeness (QED) is 0.722. The topological polar surface area (TPSA) is 97.4 Å². The molecule has 0 bridgehead atoms. The summed E-state index contributed by atoms with van der Waals surface area (Å²) in [7, 11) is 1.28. The van der Waals surface area contributed by atoms with Crippen LogP contribution in [0, 0.1) is 11.3 Å². The molecule has 0 saturated carbocycles. The largest absolute Gasteiger partial charge is 0.467 e. The second-order valence-electron chi connectivity index (χ2n) is 7.38. The summed E-state index contributed by atoms with van der Waals surface area (Å²) in [6.07, 6.45) is 2.19. The molecule has 3 atom stereocenters. The second kappa shape index (κ2) is 9.31. The van der Waals surface area contributed by atoms with Crippen molar-refractivity contribution in [3.8, 4) is 0 Å². The maximum atomic E-state index is 12.8. The van der Waals surface area contributed by atoms with Gasteiger partial charge in [-0.1, -0.05) is 47.1 Å². The third kappa shape index (κ3) is 5.82. The lowest BCUT2D eigenvalue weighted by atomic mass is 9.86. The molecule has 0 aliphatic rings. The van der Waals surface area contributed by atoms with Crippen molar-refractivity contribution >= 4 is 17.8 Å². The van der Waals surface area contributed by atoms with Crippen LogP contribution in [-0.4, -0.2) is 42.0 Å². The highest BCUT2D eigenvalue weighted by molar-refractivity contribution is 5.97. The smallest absolute Gasteiger partial charge is 0.328 e. The van der Waals surface area contributed by atoms with E-state index in [0.717, 1.165) is 0 Å². The lowest BCUT2D eigenvalue weighted by Crippen LogP contribution is -2.57. The van der Waals surface area contributed by atoms with Gasteiger partial charge in [-0.3, -0.25) is 14.6 Å². The van der Waals surface area contributed by atoms with Crippen molar-refractivity contribution in [2.24, 2.45) is 11.3 Å². The summed E-state index contributed by atoms with van der Waals surface area (Å²) < 4.78 is 4.81. The SMILES string of the molecule is CC[C@H](C)[C@H](NC(=O)c1ccccn1)C(=O)N[C@H](C(=O)OC)C(C)(C)C. The highest BCUT2D eigenvalue weighted by Crippen LogP contribution is 2.21. The van der Waals surface area contributed by atoms with Gasteiger partial charge in [0.2, 0.25) is 5.91 Å². The summed E-state index contributed by atoms with van der Waals surface area (Å²) in [5, 5.41) is 5.46. The summed E-state index contributed by atoms with van der Waals surface area (Å²) >= 11 is 0. The van der Waals surface area contributed by atoms with Crippen LogP contribution in [0.5, 0.6) is 0 Å². The molecule has 1 rings (SSSR count). The van der Waals surface area contributed by atoms with Crippen LogP contribution in [0.1, 0.15) is 51.5 Å². The lowest BCUT2D eigenvalue weighted by molar-refractivity contribution is -0.148. The normalized spacial score (nSPS) is 14.7. The number of rotatable bonds is 7. The van der Waals surface area contributed by atoms with E-state index in [0.29, 0.717) is 6.42 Å². The fourth-order valence-electron chi connectivity index (χ4n) is 2.39. The maximum Gasteiger partial charge on any atom is 0.328 e. The average molecular weight is 363 g/mol. The minimum atomic E-state index is -0.821. The number of pyridine rings is 1. The van der Waals surface area contributed by atoms with E-state index in [1.54, 1.807) is 18.2 Å². The molecule has 0 spiro atoms. The zero-order chi connectivity index (χ0) is 19.9. The molecular formula is C19H29N3O4. The van der Waals surface area contributed by atoms with Gasteiger partial charge in [-0.2, -0.15) is 0 Å². The van der Waals surface area contributed by atoms with E-state index in [4.69, 9.17) is 4.74 Å². The van der Waals surface area contributed by atoms with Crippen LogP contribution in [0.25, 0.3) is 0 Å². The van der Waals surface area contributed by atoms with Crippen molar-refractivity contribution in [3.63, 3.8) is 0 Å². The molecule has 0 unspecified atom stereocenters. The van der Waals surface area contributed by atoms with Crippen molar-refractivity contribution in [2.75, 3.05) is 7.11 Å². The van der Waals surface area contributed by atoms with E-state index >= 15 is 0 Å². The van der Waals surface area contributed by atoms with E-state index in [1.165, 1.54) is 13.3 Å². The number of carbonyl (C=O) groups is 3. The number of amides is 2. The van der Waals surface area contributed by atoms with Crippen LogP contribution in [0.2, 0.25) is 0 Å². The van der Waals surface area contributed by atoms with E-state index in [2.05, 4.69) is 15.6 Å². The molecule has 1 aromatic rings. The average Bonchev–Trinajstić information content (AvgIpc) is 2.62. The second-order valence-corrected chi connectivity index (χ2v) is 7.38. The van der Waals surface area contributed by atoms with Gasteiger partial charge >= 0.3 is 5.97 Å². The number of hydrogen-bond donors (Lipinski definition) is 2. The van der Waals surface area contributed by atoms with Gasteiger partial charge in [0.25, 0.3) is 5.91 Å². The Hall–Kier alpha value is -2.44. The summed E-state index contributed by atoms with van der Waals surface area (Å²) in [6, 6.07) is 3.38. The summed E-state index contributed by atoms with van der Waals surface area (Å²) in [6.45, 7) is 9.30. The number of nitrogens with zero attached hydrogens (tertiary/aromatic N) is 1. The van der Waals surface area contributed by atoms with E-state index < -0.39 is 35.3 Å². The van der Waals surface area contributed by atoms with Gasteiger partial charge in [0.05, 0.1) is 7.11 Å². The first-order valence-corrected chi connectivity index (χ1v) is 8.71. The molecule has 7 nitrogen and oxygen atoms in total.